The van der Waals surface area contributed by atoms with Crippen LogP contribution < -0.4 is 19.6 Å². The minimum absolute atomic E-state index is 0.112. The summed E-state index contributed by atoms with van der Waals surface area (Å²) in [6, 6.07) is 7.16. The Morgan fingerprint density at radius 3 is 2.38 bits per heavy atom. The van der Waals surface area contributed by atoms with Gasteiger partial charge in [-0.25, -0.2) is 0 Å². The molecule has 0 radical (unpaired) electrons. The van der Waals surface area contributed by atoms with E-state index in [1.54, 1.807) is 33.5 Å². The highest BCUT2D eigenvalue weighted by molar-refractivity contribution is 7.98. The van der Waals surface area contributed by atoms with Crippen molar-refractivity contribution in [2.75, 3.05) is 27.6 Å². The number of rotatable bonds is 5. The van der Waals surface area contributed by atoms with E-state index in [1.165, 1.54) is 18.7 Å². The molecule has 2 aromatic rings. The highest BCUT2D eigenvalue weighted by Gasteiger charge is 2.30. The predicted molar refractivity (Wildman–Crippen MR) is 112 cm³/mol. The lowest BCUT2D eigenvalue weighted by molar-refractivity contribution is -0.147. The number of benzene rings is 1. The maximum atomic E-state index is 12.7. The first-order valence-corrected chi connectivity index (χ1v) is 10.4. The van der Waals surface area contributed by atoms with Gasteiger partial charge >= 0.3 is 5.97 Å². The second kappa shape index (κ2) is 8.78. The van der Waals surface area contributed by atoms with Gasteiger partial charge in [0.2, 0.25) is 5.75 Å². The van der Waals surface area contributed by atoms with E-state index in [4.69, 9.17) is 18.9 Å². The van der Waals surface area contributed by atoms with Crippen LogP contribution in [0.4, 0.5) is 0 Å². The van der Waals surface area contributed by atoms with Crippen LogP contribution in [0.5, 0.6) is 17.2 Å². The van der Waals surface area contributed by atoms with Crippen molar-refractivity contribution < 1.29 is 23.7 Å². The number of aryl methyl sites for hydroxylation is 1. The molecular weight excluding hydrogens is 392 g/mol. The molecule has 0 bridgehead atoms. The van der Waals surface area contributed by atoms with Crippen LogP contribution in [0, 0.1) is 0 Å². The van der Waals surface area contributed by atoms with Crippen LogP contribution in [-0.2, 0) is 16.0 Å². The first kappa shape index (κ1) is 21.0. The van der Waals surface area contributed by atoms with Gasteiger partial charge in [-0.15, -0.1) is 11.8 Å². The fourth-order valence-electron chi connectivity index (χ4n) is 3.75. The van der Waals surface area contributed by atoms with E-state index in [9.17, 15) is 9.59 Å². The molecule has 1 aliphatic carbocycles. The Morgan fingerprint density at radius 2 is 1.79 bits per heavy atom. The monoisotopic (exact) mass is 416 g/mol. The summed E-state index contributed by atoms with van der Waals surface area (Å²) in [5, 5.41) is 0. The van der Waals surface area contributed by atoms with Crippen molar-refractivity contribution in [3.63, 3.8) is 0 Å². The standard InChI is InChI=1S/C22H24O6S/c1-12(23)28-17-8-6-13-10-18(25-2)21(26-3)22(27-4)20(13)14-7-9-19(29-5)16(24)11-15(14)17/h7,9-11,17H,6,8H2,1-5H3/t17-/m0/s1. The fraction of sp³-hybridized carbons (Fsp3) is 0.364. The van der Waals surface area contributed by atoms with Crippen molar-refractivity contribution in [1.82, 2.24) is 0 Å². The van der Waals surface area contributed by atoms with Gasteiger partial charge in [0.25, 0.3) is 0 Å². The normalized spacial score (nSPS) is 14.9. The summed E-state index contributed by atoms with van der Waals surface area (Å²) in [4.78, 5) is 25.1. The van der Waals surface area contributed by atoms with Gasteiger partial charge in [-0.2, -0.15) is 0 Å². The van der Waals surface area contributed by atoms with Crippen LogP contribution in [0.2, 0.25) is 0 Å². The molecule has 7 heteroatoms. The number of methoxy groups -OCH3 is 3. The summed E-state index contributed by atoms with van der Waals surface area (Å²) in [5.74, 6) is 1.17. The predicted octanol–water partition coefficient (Wildman–Crippen LogP) is 4.01. The molecule has 0 aromatic heterocycles. The van der Waals surface area contributed by atoms with E-state index < -0.39 is 12.1 Å². The molecule has 0 heterocycles. The molecule has 0 unspecified atom stereocenters. The molecule has 29 heavy (non-hydrogen) atoms. The Kier molecular flexibility index (Phi) is 6.37. The highest BCUT2D eigenvalue weighted by atomic mass is 32.2. The molecule has 1 atom stereocenters. The Morgan fingerprint density at radius 1 is 1.07 bits per heavy atom. The van der Waals surface area contributed by atoms with Gasteiger partial charge in [-0.1, -0.05) is 6.07 Å². The molecule has 6 nitrogen and oxygen atoms in total. The van der Waals surface area contributed by atoms with Crippen LogP contribution >= 0.6 is 11.8 Å². The number of hydrogen-bond donors (Lipinski definition) is 0. The van der Waals surface area contributed by atoms with Crippen molar-refractivity contribution in [3.8, 4) is 28.4 Å². The largest absolute Gasteiger partial charge is 0.493 e. The molecule has 0 saturated heterocycles. The number of hydrogen-bond acceptors (Lipinski definition) is 7. The van der Waals surface area contributed by atoms with Crippen molar-refractivity contribution in [1.29, 1.82) is 0 Å². The fourth-order valence-corrected chi connectivity index (χ4v) is 4.22. The minimum Gasteiger partial charge on any atom is -0.493 e. The third kappa shape index (κ3) is 3.92. The van der Waals surface area contributed by atoms with E-state index in [2.05, 4.69) is 0 Å². The Balaban J connectivity index is 2.41. The molecule has 0 spiro atoms. The second-order valence-electron chi connectivity index (χ2n) is 6.60. The van der Waals surface area contributed by atoms with Gasteiger partial charge in [-0.3, -0.25) is 9.59 Å². The van der Waals surface area contributed by atoms with E-state index >= 15 is 0 Å². The van der Waals surface area contributed by atoms with Gasteiger partial charge < -0.3 is 18.9 Å². The molecule has 1 aliphatic rings. The van der Waals surface area contributed by atoms with Crippen LogP contribution in [0.15, 0.2) is 34.0 Å². The van der Waals surface area contributed by atoms with Gasteiger partial charge in [0, 0.05) is 18.1 Å². The molecule has 3 rings (SSSR count). The van der Waals surface area contributed by atoms with Gasteiger partial charge in [0.15, 0.2) is 16.9 Å². The summed E-state index contributed by atoms with van der Waals surface area (Å²) in [6.45, 7) is 1.37. The lowest BCUT2D eigenvalue weighted by Crippen LogP contribution is -2.10. The number of fused-ring (bicyclic) bond motifs is 3. The average molecular weight is 416 g/mol. The Bertz CT molecular complexity index is 1000. The molecule has 0 aliphatic heterocycles. The van der Waals surface area contributed by atoms with Crippen molar-refractivity contribution in [2.24, 2.45) is 0 Å². The summed E-state index contributed by atoms with van der Waals surface area (Å²) < 4.78 is 22.4. The van der Waals surface area contributed by atoms with Gasteiger partial charge in [0.05, 0.1) is 26.2 Å². The van der Waals surface area contributed by atoms with Crippen LogP contribution in [-0.4, -0.2) is 33.6 Å². The zero-order valence-corrected chi connectivity index (χ0v) is 18.0. The van der Waals surface area contributed by atoms with Crippen LogP contribution in [0.3, 0.4) is 0 Å². The Hall–Kier alpha value is -2.67. The first-order chi connectivity index (χ1) is 13.9. The lowest BCUT2D eigenvalue weighted by Gasteiger charge is -2.19. The second-order valence-corrected chi connectivity index (χ2v) is 7.44. The molecule has 0 amide bonds. The van der Waals surface area contributed by atoms with Gasteiger partial charge in [-0.05, 0) is 48.4 Å². The van der Waals surface area contributed by atoms with E-state index in [1.807, 2.05) is 18.4 Å². The molecule has 154 valence electrons. The highest BCUT2D eigenvalue weighted by Crippen LogP contribution is 2.50. The molecule has 2 aromatic carbocycles. The molecular formula is C22H24O6S. The molecule has 0 fully saturated rings. The zero-order valence-electron chi connectivity index (χ0n) is 17.2. The quantitative estimate of drug-likeness (QED) is 0.539. The van der Waals surface area contributed by atoms with Crippen LogP contribution in [0.1, 0.15) is 30.6 Å². The molecule has 0 N–H and O–H groups in total. The minimum atomic E-state index is -0.536. The molecule has 0 saturated carbocycles. The summed E-state index contributed by atoms with van der Waals surface area (Å²) in [6.07, 6.45) is 2.47. The number of carbonyl (C=O) groups excluding carboxylic acids is 1. The SMILES string of the molecule is COc1cc2c(c(OC)c1OC)-c1ccc(SC)c(=O)cc1[C@@H](OC(C)=O)CC2. The van der Waals surface area contributed by atoms with E-state index in [0.29, 0.717) is 40.5 Å². The topological polar surface area (TPSA) is 71.1 Å². The third-order valence-electron chi connectivity index (χ3n) is 4.97. The summed E-state index contributed by atoms with van der Waals surface area (Å²) >= 11 is 1.38. The first-order valence-electron chi connectivity index (χ1n) is 9.16. The maximum Gasteiger partial charge on any atom is 0.303 e. The zero-order chi connectivity index (χ0) is 21.1. The number of thioether (sulfide) groups is 1. The lowest BCUT2D eigenvalue weighted by atomic mass is 9.96. The summed E-state index contributed by atoms with van der Waals surface area (Å²) in [5.41, 5.74) is 3.12. The number of esters is 1. The smallest absolute Gasteiger partial charge is 0.303 e. The van der Waals surface area contributed by atoms with Crippen LogP contribution in [0.25, 0.3) is 11.1 Å². The van der Waals surface area contributed by atoms with Crippen molar-refractivity contribution >= 4 is 17.7 Å². The third-order valence-corrected chi connectivity index (χ3v) is 5.75. The number of carbonyl (C=O) groups is 1. The number of ether oxygens (including phenoxy) is 4. The van der Waals surface area contributed by atoms with Crippen molar-refractivity contribution in [2.45, 2.75) is 30.8 Å². The maximum absolute atomic E-state index is 12.7. The van der Waals surface area contributed by atoms with E-state index in [0.717, 1.165) is 16.7 Å². The van der Waals surface area contributed by atoms with E-state index in [-0.39, 0.29) is 5.43 Å². The average Bonchev–Trinajstić information content (AvgIpc) is 2.95. The van der Waals surface area contributed by atoms with Gasteiger partial charge in [0.1, 0.15) is 6.10 Å². The van der Waals surface area contributed by atoms with Crippen molar-refractivity contribution in [3.05, 3.63) is 45.6 Å². The summed E-state index contributed by atoms with van der Waals surface area (Å²) in [7, 11) is 4.70. The Labute approximate surface area is 174 Å².